The lowest BCUT2D eigenvalue weighted by atomic mass is 9.84. The molecule has 0 saturated heterocycles. The third kappa shape index (κ3) is 15.7. The van der Waals surface area contributed by atoms with Crippen LogP contribution in [-0.4, -0.2) is 167 Å². The summed E-state index contributed by atoms with van der Waals surface area (Å²) >= 11 is 26.0. The molecule has 0 aliphatic carbocycles. The van der Waals surface area contributed by atoms with E-state index in [0.717, 1.165) is 82.1 Å². The quantitative estimate of drug-likeness (QED) is 0.0478. The van der Waals surface area contributed by atoms with Crippen LogP contribution in [0.2, 0.25) is 20.1 Å². The molecule has 23 heteroatoms. The van der Waals surface area contributed by atoms with Crippen molar-refractivity contribution in [2.45, 2.75) is 50.2 Å². The lowest BCUT2D eigenvalue weighted by Crippen LogP contribution is -2.50. The molecule has 4 heterocycles. The van der Waals surface area contributed by atoms with Gasteiger partial charge in [-0.05, 0) is 83.9 Å². The van der Waals surface area contributed by atoms with Crippen molar-refractivity contribution in [2.75, 3.05) is 93.1 Å². The Balaban J connectivity index is 0.00000820. The number of carbonyl (C=O) groups is 2. The maximum Gasteiger partial charge on any atom is 0.252 e. The molecular formula is C52H61Cl5N10O8. The van der Waals surface area contributed by atoms with Crippen molar-refractivity contribution in [2.24, 2.45) is 0 Å². The first-order valence-corrected chi connectivity index (χ1v) is 25.9. The molecule has 4 N–H and O–H groups in total. The molecule has 4 atom stereocenters. The van der Waals surface area contributed by atoms with E-state index in [0.29, 0.717) is 59.6 Å². The average molecular weight is 1130 g/mol. The zero-order valence-electron chi connectivity index (χ0n) is 41.5. The first kappa shape index (κ1) is 57.9. The summed E-state index contributed by atoms with van der Waals surface area (Å²) in [7, 11) is 4.17. The summed E-state index contributed by atoms with van der Waals surface area (Å²) in [6, 6.07) is 24.2. The molecule has 2 aliphatic heterocycles. The van der Waals surface area contributed by atoms with Gasteiger partial charge in [0.25, 0.3) is 11.8 Å². The highest BCUT2D eigenvalue weighted by molar-refractivity contribution is 6.35. The number of aliphatic hydroxyl groups is 2. The predicted molar refractivity (Wildman–Crippen MR) is 289 cm³/mol. The summed E-state index contributed by atoms with van der Waals surface area (Å²) < 4.78 is 25.9. The average Bonchev–Trinajstić information content (AvgIpc) is 4.08. The van der Waals surface area contributed by atoms with Crippen molar-refractivity contribution in [3.8, 4) is 22.5 Å². The fourth-order valence-corrected chi connectivity index (χ4v) is 10.3. The number of ether oxygens (including phenoxy) is 4. The number of nitrogens with zero attached hydrogens (tertiary/aromatic N) is 8. The molecule has 0 radical (unpaired) electrons. The van der Waals surface area contributed by atoms with E-state index in [4.69, 9.17) is 65.4 Å². The van der Waals surface area contributed by atoms with Gasteiger partial charge in [0.2, 0.25) is 0 Å². The van der Waals surface area contributed by atoms with Crippen molar-refractivity contribution in [3.05, 3.63) is 139 Å². The molecule has 6 aromatic rings. The Bertz CT molecular complexity index is 2670. The molecule has 0 fully saturated rings. The maximum absolute atomic E-state index is 12.4. The second-order valence-electron chi connectivity index (χ2n) is 18.3. The standard InChI is InChI=1S/C52H60Cl4N10O8.ClH/c1-63-27-41(39-23-37(53)25-45(55)43(39)29-63)33-5-3-7-35(21-33)47-31-65(61-59-47)11-15-73-19-17-71-13-9-57-51(69)49(67)50(68)52(70)58-10-14-72-18-20-74-16-12-66-32-48(60-62-66)36-8-4-6-34(22-36)42-28-64(2)30-44-40(42)24-38(54)26-46(44)56;/h3-8,21-26,31-32,41-42,49-50,67-68H,9-20,27-30H2,1-2H3,(H,57,69)(H,58,70);1H/t41-,42-,49?,50?;/m0./s1. The topological polar surface area (TPSA) is 203 Å². The summed E-state index contributed by atoms with van der Waals surface area (Å²) in [4.78, 5) is 29.3. The summed E-state index contributed by atoms with van der Waals surface area (Å²) in [5.41, 5.74) is 10.1. The van der Waals surface area contributed by atoms with Gasteiger partial charge in [0.1, 0.15) is 11.4 Å². The molecule has 2 amide bonds. The predicted octanol–water partition coefficient (Wildman–Crippen LogP) is 6.11. The Kier molecular flexibility index (Phi) is 21.6. The van der Waals surface area contributed by atoms with Crippen LogP contribution in [0.25, 0.3) is 22.5 Å². The van der Waals surface area contributed by atoms with E-state index < -0.39 is 24.0 Å². The number of nitrogens with one attached hydrogen (secondary N) is 2. The van der Waals surface area contributed by atoms with E-state index in [9.17, 15) is 19.8 Å². The summed E-state index contributed by atoms with van der Waals surface area (Å²) in [5, 5.41) is 45.3. The maximum atomic E-state index is 12.4. The van der Waals surface area contributed by atoms with Crippen molar-refractivity contribution in [1.82, 2.24) is 50.4 Å². The van der Waals surface area contributed by atoms with Crippen molar-refractivity contribution in [1.29, 1.82) is 0 Å². The van der Waals surface area contributed by atoms with Crippen molar-refractivity contribution in [3.63, 3.8) is 0 Å². The number of hydrogen-bond acceptors (Lipinski definition) is 14. The molecule has 2 aliphatic rings. The van der Waals surface area contributed by atoms with Gasteiger partial charge in [0.05, 0.1) is 78.3 Å². The Morgan fingerprint density at radius 3 is 1.41 bits per heavy atom. The molecule has 18 nitrogen and oxygen atoms in total. The van der Waals surface area contributed by atoms with Gasteiger partial charge in [0, 0.05) is 82.3 Å². The number of benzene rings is 4. The summed E-state index contributed by atoms with van der Waals surface area (Å²) in [5.74, 6) is -1.62. The highest BCUT2D eigenvalue weighted by Crippen LogP contribution is 2.41. The van der Waals surface area contributed by atoms with Crippen LogP contribution in [0.3, 0.4) is 0 Å². The Hall–Kier alpha value is -4.77. The monoisotopic (exact) mass is 1130 g/mol. The highest BCUT2D eigenvalue weighted by Gasteiger charge is 2.31. The Morgan fingerprint density at radius 1 is 0.600 bits per heavy atom. The molecular weight excluding hydrogens is 1070 g/mol. The number of likely N-dealkylation sites (N-methyl/N-ethyl adjacent to an activating group) is 2. The Labute approximate surface area is 461 Å². The molecule has 0 spiro atoms. The lowest BCUT2D eigenvalue weighted by molar-refractivity contribution is -0.146. The van der Waals surface area contributed by atoms with Crippen LogP contribution < -0.4 is 10.6 Å². The van der Waals surface area contributed by atoms with Gasteiger partial charge < -0.3 is 49.6 Å². The normalized spacial score (nSPS) is 16.4. The first-order chi connectivity index (χ1) is 35.8. The molecule has 2 aromatic heterocycles. The lowest BCUT2D eigenvalue weighted by Gasteiger charge is -2.33. The summed E-state index contributed by atoms with van der Waals surface area (Å²) in [6.45, 7) is 6.35. The SMILES string of the molecule is CN1Cc2c(Cl)cc(Cl)cc2[C@H](c2cccc(-c3cn(CCOCCOCCNC(=O)C(O)C(O)C(=O)NCCOCCOCCn4cc(-c5cccc([C@@H]6CN(C)Cc7c(Cl)cc(Cl)cc76)c5)nn4)nn3)c2)C1.Cl. The molecule has 402 valence electrons. The van der Waals surface area contributed by atoms with Crippen LogP contribution in [0, 0.1) is 0 Å². The van der Waals surface area contributed by atoms with Crippen LogP contribution in [0.5, 0.6) is 0 Å². The minimum atomic E-state index is -1.97. The van der Waals surface area contributed by atoms with Gasteiger partial charge in [-0.3, -0.25) is 9.59 Å². The molecule has 2 unspecified atom stereocenters. The number of aromatic nitrogens is 6. The van der Waals surface area contributed by atoms with Gasteiger partial charge in [-0.2, -0.15) is 0 Å². The fraction of sp³-hybridized carbons (Fsp3) is 0.423. The third-order valence-electron chi connectivity index (χ3n) is 12.8. The van der Waals surface area contributed by atoms with Gasteiger partial charge in [-0.15, -0.1) is 22.6 Å². The zero-order chi connectivity index (χ0) is 52.1. The molecule has 8 rings (SSSR count). The van der Waals surface area contributed by atoms with Crippen LogP contribution in [-0.2, 0) is 54.7 Å². The van der Waals surface area contributed by atoms with Crippen LogP contribution in [0.1, 0.15) is 45.2 Å². The Morgan fingerprint density at radius 2 is 1.00 bits per heavy atom. The number of halogens is 5. The van der Waals surface area contributed by atoms with Crippen LogP contribution in [0.4, 0.5) is 0 Å². The highest BCUT2D eigenvalue weighted by atomic mass is 35.5. The van der Waals surface area contributed by atoms with Crippen LogP contribution in [0.15, 0.2) is 85.2 Å². The van der Waals surface area contributed by atoms with E-state index in [2.05, 4.69) is 79.4 Å². The molecule has 4 aromatic carbocycles. The fourth-order valence-electron chi connectivity index (χ4n) is 9.12. The third-order valence-corrected chi connectivity index (χ3v) is 13.9. The molecule has 0 saturated carbocycles. The smallest absolute Gasteiger partial charge is 0.252 e. The summed E-state index contributed by atoms with van der Waals surface area (Å²) in [6.07, 6.45) is -0.191. The van der Waals surface area contributed by atoms with E-state index >= 15 is 0 Å². The number of amides is 2. The number of aliphatic hydroxyl groups excluding tert-OH is 2. The second kappa shape index (κ2) is 28.0. The van der Waals surface area contributed by atoms with Crippen molar-refractivity contribution >= 4 is 70.6 Å². The van der Waals surface area contributed by atoms with Gasteiger partial charge in [-0.25, -0.2) is 9.36 Å². The number of hydrogen-bond donors (Lipinski definition) is 4. The minimum Gasteiger partial charge on any atom is -0.380 e. The second-order valence-corrected chi connectivity index (χ2v) is 20.0. The van der Waals surface area contributed by atoms with E-state index in [1.807, 2.05) is 48.8 Å². The molecule has 0 bridgehead atoms. The van der Waals surface area contributed by atoms with Gasteiger partial charge in [0.15, 0.2) is 12.2 Å². The van der Waals surface area contributed by atoms with E-state index in [1.54, 1.807) is 21.5 Å². The zero-order valence-corrected chi connectivity index (χ0v) is 45.4. The minimum absolute atomic E-state index is 0. The number of carbonyl (C=O) groups excluding carboxylic acids is 2. The van der Waals surface area contributed by atoms with Gasteiger partial charge in [-0.1, -0.05) is 93.2 Å². The van der Waals surface area contributed by atoms with Crippen LogP contribution >= 0.6 is 58.8 Å². The number of rotatable bonds is 25. The molecule has 75 heavy (non-hydrogen) atoms. The van der Waals surface area contributed by atoms with Gasteiger partial charge >= 0.3 is 0 Å². The largest absolute Gasteiger partial charge is 0.380 e. The first-order valence-electron chi connectivity index (χ1n) is 24.4. The number of fused-ring (bicyclic) bond motifs is 2. The van der Waals surface area contributed by atoms with Crippen molar-refractivity contribution < 1.29 is 38.7 Å². The van der Waals surface area contributed by atoms with E-state index in [1.165, 1.54) is 0 Å². The van der Waals surface area contributed by atoms with E-state index in [-0.39, 0.29) is 63.8 Å².